The van der Waals surface area contributed by atoms with Crippen LogP contribution in [0.4, 0.5) is 5.13 Å². The van der Waals surface area contributed by atoms with Crippen LogP contribution in [0.3, 0.4) is 0 Å². The van der Waals surface area contributed by atoms with Crippen LogP contribution in [0.25, 0.3) is 0 Å². The second-order valence-corrected chi connectivity index (χ2v) is 5.66. The molecule has 0 aliphatic rings. The molecule has 0 aliphatic carbocycles. The Morgan fingerprint density at radius 2 is 2.26 bits per heavy atom. The number of carbonyl (C=O) groups is 1. The fourth-order valence-corrected chi connectivity index (χ4v) is 2.21. The van der Waals surface area contributed by atoms with Gasteiger partial charge >= 0.3 is 0 Å². The van der Waals surface area contributed by atoms with E-state index in [1.807, 2.05) is 6.92 Å². The highest BCUT2D eigenvalue weighted by molar-refractivity contribution is 7.15. The van der Waals surface area contributed by atoms with Gasteiger partial charge in [0.15, 0.2) is 0 Å². The van der Waals surface area contributed by atoms with Gasteiger partial charge in [-0.3, -0.25) is 15.0 Å². The number of aliphatic hydroxyl groups excluding tert-OH is 1. The van der Waals surface area contributed by atoms with Crippen molar-refractivity contribution in [3.8, 4) is 0 Å². The standard InChI is InChI=1S/C12H22N4O2S/c1-4-5-6-11-14-15-12(19-11)13-10(18)7-16(3)9(2)8-17/h9,17H,4-8H2,1-3H3,(H,13,15,18). The number of carbonyl (C=O) groups excluding carboxylic acids is 1. The van der Waals surface area contributed by atoms with E-state index in [2.05, 4.69) is 22.4 Å². The minimum absolute atomic E-state index is 0.0315. The maximum absolute atomic E-state index is 11.8. The fraction of sp³-hybridized carbons (Fsp3) is 0.750. The second-order valence-electron chi connectivity index (χ2n) is 4.60. The first-order valence-electron chi connectivity index (χ1n) is 6.50. The number of aromatic nitrogens is 2. The smallest absolute Gasteiger partial charge is 0.240 e. The van der Waals surface area contributed by atoms with Gasteiger partial charge in [0.1, 0.15) is 5.01 Å². The number of anilines is 1. The molecule has 1 rings (SSSR count). The third-order valence-corrected chi connectivity index (χ3v) is 3.77. The highest BCUT2D eigenvalue weighted by atomic mass is 32.1. The van der Waals surface area contributed by atoms with Gasteiger partial charge in [0.05, 0.1) is 13.2 Å². The Kier molecular flexibility index (Phi) is 6.90. The van der Waals surface area contributed by atoms with Gasteiger partial charge in [0.25, 0.3) is 0 Å². The maximum atomic E-state index is 11.8. The summed E-state index contributed by atoms with van der Waals surface area (Å²) in [4.78, 5) is 13.6. The molecule has 0 fully saturated rings. The number of aliphatic hydroxyl groups is 1. The second kappa shape index (κ2) is 8.19. The predicted octanol–water partition coefficient (Wildman–Crippen LogP) is 1.13. The van der Waals surface area contributed by atoms with E-state index in [4.69, 9.17) is 5.11 Å². The molecule has 7 heteroatoms. The summed E-state index contributed by atoms with van der Waals surface area (Å²) in [5.74, 6) is -0.138. The normalized spacial score (nSPS) is 12.7. The van der Waals surface area contributed by atoms with E-state index in [1.54, 1.807) is 11.9 Å². The minimum Gasteiger partial charge on any atom is -0.395 e. The third kappa shape index (κ3) is 5.63. The van der Waals surface area contributed by atoms with Gasteiger partial charge in [-0.1, -0.05) is 24.7 Å². The van der Waals surface area contributed by atoms with Crippen molar-refractivity contribution in [2.75, 3.05) is 25.5 Å². The van der Waals surface area contributed by atoms with Crippen LogP contribution in [0.5, 0.6) is 0 Å². The van der Waals surface area contributed by atoms with Crippen molar-refractivity contribution in [3.63, 3.8) is 0 Å². The molecule has 1 atom stereocenters. The van der Waals surface area contributed by atoms with Crippen LogP contribution >= 0.6 is 11.3 Å². The molecule has 108 valence electrons. The topological polar surface area (TPSA) is 78.4 Å². The molecule has 0 saturated carbocycles. The Morgan fingerprint density at radius 3 is 2.89 bits per heavy atom. The molecule has 2 N–H and O–H groups in total. The number of unbranched alkanes of at least 4 members (excludes halogenated alkanes) is 1. The lowest BCUT2D eigenvalue weighted by molar-refractivity contribution is -0.117. The Labute approximate surface area is 117 Å². The lowest BCUT2D eigenvalue weighted by atomic mass is 10.3. The van der Waals surface area contributed by atoms with Gasteiger partial charge in [-0.15, -0.1) is 10.2 Å². The zero-order valence-corrected chi connectivity index (χ0v) is 12.5. The number of likely N-dealkylation sites (N-methyl/N-ethyl adjacent to an activating group) is 1. The number of hydrogen-bond acceptors (Lipinski definition) is 6. The van der Waals surface area contributed by atoms with Crippen molar-refractivity contribution in [1.29, 1.82) is 0 Å². The zero-order chi connectivity index (χ0) is 14.3. The number of aryl methyl sites for hydroxylation is 1. The Hall–Kier alpha value is -1.05. The first-order chi connectivity index (χ1) is 9.06. The molecule has 1 aromatic rings. The number of hydrogen-bond donors (Lipinski definition) is 2. The molecule has 6 nitrogen and oxygen atoms in total. The molecule has 1 heterocycles. The minimum atomic E-state index is -0.138. The molecule has 0 radical (unpaired) electrons. The Bertz CT molecular complexity index is 397. The highest BCUT2D eigenvalue weighted by Gasteiger charge is 2.13. The SMILES string of the molecule is CCCCc1nnc(NC(=O)CN(C)C(C)CO)s1. The van der Waals surface area contributed by atoms with Crippen LogP contribution in [0.2, 0.25) is 0 Å². The lowest BCUT2D eigenvalue weighted by Gasteiger charge is -2.21. The summed E-state index contributed by atoms with van der Waals surface area (Å²) in [6.45, 7) is 4.25. The van der Waals surface area contributed by atoms with Crippen LogP contribution < -0.4 is 5.32 Å². The molecule has 0 spiro atoms. The molecule has 0 aliphatic heterocycles. The number of nitrogens with zero attached hydrogens (tertiary/aromatic N) is 3. The molecule has 1 amide bonds. The largest absolute Gasteiger partial charge is 0.395 e. The molecular weight excluding hydrogens is 264 g/mol. The van der Waals surface area contributed by atoms with Crippen molar-refractivity contribution in [2.24, 2.45) is 0 Å². The molecular formula is C12H22N4O2S. The van der Waals surface area contributed by atoms with E-state index < -0.39 is 0 Å². The van der Waals surface area contributed by atoms with Crippen molar-refractivity contribution in [1.82, 2.24) is 15.1 Å². The van der Waals surface area contributed by atoms with E-state index in [0.717, 1.165) is 24.3 Å². The van der Waals surface area contributed by atoms with Crippen molar-refractivity contribution >= 4 is 22.4 Å². The van der Waals surface area contributed by atoms with Gasteiger partial charge in [-0.25, -0.2) is 0 Å². The molecule has 1 aromatic heterocycles. The predicted molar refractivity (Wildman–Crippen MR) is 76.3 cm³/mol. The van der Waals surface area contributed by atoms with Crippen molar-refractivity contribution in [2.45, 2.75) is 39.2 Å². The molecule has 19 heavy (non-hydrogen) atoms. The quantitative estimate of drug-likeness (QED) is 0.749. The van der Waals surface area contributed by atoms with Gasteiger partial charge in [0, 0.05) is 12.5 Å². The van der Waals surface area contributed by atoms with Crippen molar-refractivity contribution in [3.05, 3.63) is 5.01 Å². The van der Waals surface area contributed by atoms with Gasteiger partial charge in [-0.2, -0.15) is 0 Å². The first-order valence-corrected chi connectivity index (χ1v) is 7.31. The number of nitrogens with one attached hydrogen (secondary N) is 1. The number of amides is 1. The van der Waals surface area contributed by atoms with Crippen LogP contribution in [0.15, 0.2) is 0 Å². The summed E-state index contributed by atoms with van der Waals surface area (Å²) in [6.07, 6.45) is 3.11. The van der Waals surface area contributed by atoms with Crippen LogP contribution in [0, 0.1) is 0 Å². The van der Waals surface area contributed by atoms with Crippen LogP contribution in [-0.2, 0) is 11.2 Å². The van der Waals surface area contributed by atoms with E-state index in [1.165, 1.54) is 11.3 Å². The van der Waals surface area contributed by atoms with E-state index >= 15 is 0 Å². The Balaban J connectivity index is 2.41. The lowest BCUT2D eigenvalue weighted by Crippen LogP contribution is -2.38. The summed E-state index contributed by atoms with van der Waals surface area (Å²) in [5.41, 5.74) is 0. The van der Waals surface area contributed by atoms with E-state index in [0.29, 0.717) is 5.13 Å². The average Bonchev–Trinajstić information content (AvgIpc) is 2.82. The van der Waals surface area contributed by atoms with Gasteiger partial charge < -0.3 is 5.11 Å². The average molecular weight is 286 g/mol. The zero-order valence-electron chi connectivity index (χ0n) is 11.7. The molecule has 0 aromatic carbocycles. The molecule has 1 unspecified atom stereocenters. The molecule has 0 saturated heterocycles. The summed E-state index contributed by atoms with van der Waals surface area (Å²) < 4.78 is 0. The summed E-state index contributed by atoms with van der Waals surface area (Å²) in [7, 11) is 1.80. The summed E-state index contributed by atoms with van der Waals surface area (Å²) in [6, 6.07) is -0.0414. The van der Waals surface area contributed by atoms with Gasteiger partial charge in [0.2, 0.25) is 11.0 Å². The van der Waals surface area contributed by atoms with Crippen LogP contribution in [-0.4, -0.2) is 52.4 Å². The monoisotopic (exact) mass is 286 g/mol. The van der Waals surface area contributed by atoms with E-state index in [9.17, 15) is 4.79 Å². The number of rotatable bonds is 8. The third-order valence-electron chi connectivity index (χ3n) is 2.87. The fourth-order valence-electron chi connectivity index (χ4n) is 1.41. The van der Waals surface area contributed by atoms with Crippen molar-refractivity contribution < 1.29 is 9.90 Å². The van der Waals surface area contributed by atoms with E-state index in [-0.39, 0.29) is 25.1 Å². The van der Waals surface area contributed by atoms with Gasteiger partial charge in [-0.05, 0) is 20.4 Å². The van der Waals surface area contributed by atoms with Crippen LogP contribution in [0.1, 0.15) is 31.7 Å². The Morgan fingerprint density at radius 1 is 1.53 bits per heavy atom. The maximum Gasteiger partial charge on any atom is 0.240 e. The summed E-state index contributed by atoms with van der Waals surface area (Å²) >= 11 is 1.42. The summed E-state index contributed by atoms with van der Waals surface area (Å²) in [5, 5.41) is 21.2. The first kappa shape index (κ1) is 16.0. The highest BCUT2D eigenvalue weighted by Crippen LogP contribution is 2.17. The molecule has 0 bridgehead atoms.